The van der Waals surface area contributed by atoms with E-state index < -0.39 is 11.2 Å². The fourth-order valence-corrected chi connectivity index (χ4v) is 1.18. The highest BCUT2D eigenvalue weighted by Crippen LogP contribution is 2.04. The molecule has 0 aliphatic rings. The summed E-state index contributed by atoms with van der Waals surface area (Å²) >= 11 is 5.56. The van der Waals surface area contributed by atoms with E-state index in [4.69, 9.17) is 11.6 Å². The zero-order chi connectivity index (χ0) is 10.3. The maximum absolute atomic E-state index is 11.5. The molecule has 0 fully saturated rings. The Morgan fingerprint density at radius 2 is 2.21 bits per heavy atom. The van der Waals surface area contributed by atoms with E-state index >= 15 is 0 Å². The smallest absolute Gasteiger partial charge is 0.290 e. The van der Waals surface area contributed by atoms with Crippen molar-refractivity contribution >= 4 is 22.8 Å². The molecule has 0 unspecified atom stereocenters. The number of H-pyrrole nitrogens is 1. The minimum atomic E-state index is -0.543. The molecule has 0 aliphatic heterocycles. The average Bonchev–Trinajstić information content (AvgIpc) is 2.14. The van der Waals surface area contributed by atoms with Crippen molar-refractivity contribution in [3.63, 3.8) is 0 Å². The number of rotatable bonds is 0. The molecule has 1 N–H and O–H groups in total. The Hall–Kier alpha value is -1.69. The molecule has 0 saturated heterocycles. The first kappa shape index (κ1) is 8.89. The molecule has 0 spiro atoms. The lowest BCUT2D eigenvalue weighted by Crippen LogP contribution is -2.33. The van der Waals surface area contributed by atoms with Crippen LogP contribution in [-0.4, -0.2) is 19.5 Å². The van der Waals surface area contributed by atoms with Crippen LogP contribution >= 0.6 is 11.6 Å². The summed E-state index contributed by atoms with van der Waals surface area (Å²) in [5.41, 5.74) is -0.839. The van der Waals surface area contributed by atoms with Crippen LogP contribution in [-0.2, 0) is 7.05 Å². The summed E-state index contributed by atoms with van der Waals surface area (Å²) in [5.74, 6) is 0. The van der Waals surface area contributed by atoms with Crippen molar-refractivity contribution in [2.24, 2.45) is 7.05 Å². The summed E-state index contributed by atoms with van der Waals surface area (Å²) < 4.78 is 0.922. The van der Waals surface area contributed by atoms with E-state index in [0.717, 1.165) is 4.57 Å². The number of halogens is 1. The third kappa shape index (κ3) is 1.20. The van der Waals surface area contributed by atoms with Gasteiger partial charge in [-0.25, -0.2) is 14.8 Å². The van der Waals surface area contributed by atoms with Gasteiger partial charge in [0.25, 0.3) is 5.56 Å². The standard InChI is InChI=1S/C7H5ClN4O2/c1-12-6(13)4-5(11-7(12)14)10-3(8)2-9-4/h2H,1H3,(H,10,11,14). The number of hydrogen-bond donors (Lipinski definition) is 1. The normalized spacial score (nSPS) is 10.7. The van der Waals surface area contributed by atoms with Crippen LogP contribution in [0.1, 0.15) is 0 Å². The molecule has 2 aromatic heterocycles. The van der Waals surface area contributed by atoms with E-state index in [2.05, 4.69) is 15.0 Å². The van der Waals surface area contributed by atoms with Gasteiger partial charge in [0.1, 0.15) is 5.15 Å². The Kier molecular flexibility index (Phi) is 1.85. The number of hydrogen-bond acceptors (Lipinski definition) is 4. The second-order valence-electron chi connectivity index (χ2n) is 2.68. The topological polar surface area (TPSA) is 80.6 Å². The van der Waals surface area contributed by atoms with Crippen LogP contribution in [0, 0.1) is 0 Å². The van der Waals surface area contributed by atoms with E-state index in [-0.39, 0.29) is 16.3 Å². The molecule has 0 amide bonds. The number of nitrogens with one attached hydrogen (secondary N) is 1. The molecular weight excluding hydrogens is 208 g/mol. The predicted molar refractivity (Wildman–Crippen MR) is 50.4 cm³/mol. The summed E-state index contributed by atoms with van der Waals surface area (Å²) in [6, 6.07) is 0. The van der Waals surface area contributed by atoms with E-state index in [9.17, 15) is 9.59 Å². The molecule has 0 aliphatic carbocycles. The molecule has 72 valence electrons. The van der Waals surface area contributed by atoms with Gasteiger partial charge in [-0.05, 0) is 0 Å². The van der Waals surface area contributed by atoms with Crippen molar-refractivity contribution in [3.05, 3.63) is 32.2 Å². The van der Waals surface area contributed by atoms with Gasteiger partial charge in [0.15, 0.2) is 11.2 Å². The first-order valence-corrected chi connectivity index (χ1v) is 4.09. The highest BCUT2D eigenvalue weighted by Gasteiger charge is 2.06. The third-order valence-electron chi connectivity index (χ3n) is 1.78. The Bertz CT molecular complexity index is 615. The van der Waals surface area contributed by atoms with Crippen LogP contribution in [0.25, 0.3) is 11.2 Å². The van der Waals surface area contributed by atoms with E-state index in [0.29, 0.717) is 0 Å². The zero-order valence-corrected chi connectivity index (χ0v) is 7.87. The summed E-state index contributed by atoms with van der Waals surface area (Å²) in [6.45, 7) is 0. The summed E-state index contributed by atoms with van der Waals surface area (Å²) in [4.78, 5) is 32.6. The lowest BCUT2D eigenvalue weighted by molar-refractivity contribution is 0.786. The Morgan fingerprint density at radius 1 is 1.50 bits per heavy atom. The van der Waals surface area contributed by atoms with Crippen molar-refractivity contribution in [3.8, 4) is 0 Å². The van der Waals surface area contributed by atoms with Crippen LogP contribution in [0.4, 0.5) is 0 Å². The van der Waals surface area contributed by atoms with Crippen molar-refractivity contribution in [1.29, 1.82) is 0 Å². The monoisotopic (exact) mass is 212 g/mol. The lowest BCUT2D eigenvalue weighted by Gasteiger charge is -1.98. The number of nitrogens with zero attached hydrogens (tertiary/aromatic N) is 3. The Balaban J connectivity index is 3.06. The van der Waals surface area contributed by atoms with E-state index in [1.165, 1.54) is 13.2 Å². The molecule has 6 nitrogen and oxygen atoms in total. The molecule has 2 aromatic rings. The van der Waals surface area contributed by atoms with E-state index in [1.807, 2.05) is 0 Å². The van der Waals surface area contributed by atoms with E-state index in [1.54, 1.807) is 0 Å². The largest absolute Gasteiger partial charge is 0.329 e. The summed E-state index contributed by atoms with van der Waals surface area (Å²) in [6.07, 6.45) is 1.25. The van der Waals surface area contributed by atoms with Gasteiger partial charge in [-0.15, -0.1) is 0 Å². The molecule has 0 radical (unpaired) electrons. The molecule has 7 heteroatoms. The summed E-state index contributed by atoms with van der Waals surface area (Å²) in [7, 11) is 1.36. The lowest BCUT2D eigenvalue weighted by atomic mass is 10.5. The second kappa shape index (κ2) is 2.91. The minimum Gasteiger partial charge on any atom is -0.290 e. The van der Waals surface area contributed by atoms with Gasteiger partial charge in [-0.2, -0.15) is 0 Å². The molecule has 2 rings (SSSR count). The fraction of sp³-hybridized carbons (Fsp3) is 0.143. The minimum absolute atomic E-state index is 0.0940. The highest BCUT2D eigenvalue weighted by atomic mass is 35.5. The summed E-state index contributed by atoms with van der Waals surface area (Å²) in [5, 5.41) is 0.126. The predicted octanol–water partition coefficient (Wildman–Crippen LogP) is -0.330. The zero-order valence-electron chi connectivity index (χ0n) is 7.11. The van der Waals surface area contributed by atoms with Gasteiger partial charge in [0.05, 0.1) is 6.20 Å². The SMILES string of the molecule is Cn1c(=O)[nH]c2nc(Cl)cnc2c1=O. The molecule has 0 bridgehead atoms. The van der Waals surface area contributed by atoms with Crippen LogP contribution in [0.15, 0.2) is 15.8 Å². The van der Waals surface area contributed by atoms with Gasteiger partial charge in [0, 0.05) is 7.05 Å². The number of aromatic amines is 1. The molecule has 0 saturated carbocycles. The molecule has 0 aromatic carbocycles. The molecule has 0 atom stereocenters. The fourth-order valence-electron chi connectivity index (χ4n) is 1.05. The average molecular weight is 213 g/mol. The van der Waals surface area contributed by atoms with Crippen LogP contribution in [0.3, 0.4) is 0 Å². The first-order valence-electron chi connectivity index (χ1n) is 3.71. The van der Waals surface area contributed by atoms with Gasteiger partial charge in [-0.1, -0.05) is 11.6 Å². The molecule has 14 heavy (non-hydrogen) atoms. The van der Waals surface area contributed by atoms with Crippen molar-refractivity contribution in [2.45, 2.75) is 0 Å². The van der Waals surface area contributed by atoms with Crippen molar-refractivity contribution in [2.75, 3.05) is 0 Å². The van der Waals surface area contributed by atoms with Crippen LogP contribution in [0.2, 0.25) is 5.15 Å². The molecular formula is C7H5ClN4O2. The third-order valence-corrected chi connectivity index (χ3v) is 1.96. The Labute approximate surface area is 82.2 Å². The highest BCUT2D eigenvalue weighted by molar-refractivity contribution is 6.29. The van der Waals surface area contributed by atoms with Gasteiger partial charge in [0.2, 0.25) is 0 Å². The van der Waals surface area contributed by atoms with Gasteiger partial charge >= 0.3 is 5.69 Å². The maximum atomic E-state index is 11.5. The van der Waals surface area contributed by atoms with Crippen molar-refractivity contribution < 1.29 is 0 Å². The number of aromatic nitrogens is 4. The van der Waals surface area contributed by atoms with Gasteiger partial charge < -0.3 is 0 Å². The number of fused-ring (bicyclic) bond motifs is 1. The second-order valence-corrected chi connectivity index (χ2v) is 3.07. The Morgan fingerprint density at radius 3 is 2.93 bits per heavy atom. The first-order chi connectivity index (χ1) is 6.59. The maximum Gasteiger partial charge on any atom is 0.329 e. The van der Waals surface area contributed by atoms with Crippen molar-refractivity contribution in [1.82, 2.24) is 19.5 Å². The molecule has 2 heterocycles. The quantitative estimate of drug-likeness (QED) is 0.649. The van der Waals surface area contributed by atoms with Crippen LogP contribution in [0.5, 0.6) is 0 Å². The van der Waals surface area contributed by atoms with Crippen LogP contribution < -0.4 is 11.2 Å². The van der Waals surface area contributed by atoms with Gasteiger partial charge in [-0.3, -0.25) is 14.3 Å².